The van der Waals surface area contributed by atoms with Gasteiger partial charge in [0.05, 0.1) is 13.2 Å². The van der Waals surface area contributed by atoms with Gasteiger partial charge in [-0.25, -0.2) is 0 Å². The number of nitrogens with one attached hydrogen (secondary N) is 1. The van der Waals surface area contributed by atoms with E-state index in [9.17, 15) is 0 Å². The third-order valence-corrected chi connectivity index (χ3v) is 4.20. The summed E-state index contributed by atoms with van der Waals surface area (Å²) in [7, 11) is 0. The summed E-state index contributed by atoms with van der Waals surface area (Å²) in [6, 6.07) is 0.585. The van der Waals surface area contributed by atoms with Crippen molar-refractivity contribution < 1.29 is 4.74 Å². The molecule has 1 spiro atoms. The van der Waals surface area contributed by atoms with Crippen LogP contribution in [0, 0.1) is 11.8 Å². The predicted molar refractivity (Wildman–Crippen MR) is 67.6 cm³/mol. The number of hydrogen-bond acceptors (Lipinski definition) is 2. The van der Waals surface area contributed by atoms with Crippen LogP contribution in [0.15, 0.2) is 0 Å². The zero-order valence-corrected chi connectivity index (χ0v) is 11.1. The number of hydrogen-bond donors (Lipinski definition) is 1. The molecule has 0 radical (unpaired) electrons. The Labute approximate surface area is 100 Å². The Hall–Kier alpha value is -0.0800. The van der Waals surface area contributed by atoms with Gasteiger partial charge in [0.1, 0.15) is 0 Å². The van der Waals surface area contributed by atoms with Gasteiger partial charge in [-0.05, 0) is 43.9 Å². The summed E-state index contributed by atoms with van der Waals surface area (Å²) in [5.41, 5.74) is 0.324. The predicted octanol–water partition coefficient (Wildman–Crippen LogP) is 2.97. The first kappa shape index (κ1) is 12.4. The molecule has 1 aliphatic heterocycles. The monoisotopic (exact) mass is 225 g/mol. The fraction of sp³-hybridized carbons (Fsp3) is 1.00. The van der Waals surface area contributed by atoms with Crippen LogP contribution in [0.25, 0.3) is 0 Å². The molecular weight excluding hydrogens is 198 g/mol. The van der Waals surface area contributed by atoms with Gasteiger partial charge < -0.3 is 10.1 Å². The van der Waals surface area contributed by atoms with Crippen molar-refractivity contribution in [2.24, 2.45) is 11.8 Å². The highest BCUT2D eigenvalue weighted by molar-refractivity contribution is 4.97. The van der Waals surface area contributed by atoms with E-state index < -0.39 is 0 Å². The summed E-state index contributed by atoms with van der Waals surface area (Å²) in [4.78, 5) is 0. The van der Waals surface area contributed by atoms with Crippen LogP contribution >= 0.6 is 0 Å². The van der Waals surface area contributed by atoms with E-state index in [1.165, 1.54) is 32.1 Å². The van der Waals surface area contributed by atoms with Gasteiger partial charge in [0, 0.05) is 11.6 Å². The average molecular weight is 225 g/mol. The molecule has 2 nitrogen and oxygen atoms in total. The smallest absolute Gasteiger partial charge is 0.0649 e. The summed E-state index contributed by atoms with van der Waals surface area (Å²) in [5, 5.41) is 3.90. The number of rotatable bonds is 2. The second-order valence-corrected chi connectivity index (χ2v) is 6.45. The van der Waals surface area contributed by atoms with E-state index in [1.807, 2.05) is 0 Å². The fourth-order valence-corrected chi connectivity index (χ4v) is 3.21. The Morgan fingerprint density at radius 3 is 2.62 bits per heavy atom. The summed E-state index contributed by atoms with van der Waals surface area (Å²) >= 11 is 0. The highest BCUT2D eigenvalue weighted by Gasteiger charge is 2.38. The lowest BCUT2D eigenvalue weighted by molar-refractivity contribution is -0.0266. The van der Waals surface area contributed by atoms with E-state index >= 15 is 0 Å². The SMILES string of the molecule is CC(C)C[C@H]1COCC2(CCC(C)CC2)N1. The van der Waals surface area contributed by atoms with E-state index in [2.05, 4.69) is 26.1 Å². The van der Waals surface area contributed by atoms with Crippen molar-refractivity contribution >= 4 is 0 Å². The Bertz CT molecular complexity index is 219. The topological polar surface area (TPSA) is 21.3 Å². The first-order valence-corrected chi connectivity index (χ1v) is 6.95. The minimum Gasteiger partial charge on any atom is -0.378 e. The van der Waals surface area contributed by atoms with Gasteiger partial charge in [0.15, 0.2) is 0 Å². The highest BCUT2D eigenvalue weighted by Crippen LogP contribution is 2.34. The second-order valence-electron chi connectivity index (χ2n) is 6.45. The molecule has 16 heavy (non-hydrogen) atoms. The highest BCUT2D eigenvalue weighted by atomic mass is 16.5. The molecular formula is C14H27NO. The van der Waals surface area contributed by atoms with Gasteiger partial charge >= 0.3 is 0 Å². The molecule has 2 rings (SSSR count). The van der Waals surface area contributed by atoms with Crippen LogP contribution < -0.4 is 5.32 Å². The van der Waals surface area contributed by atoms with Crippen LogP contribution in [0.5, 0.6) is 0 Å². The van der Waals surface area contributed by atoms with Gasteiger partial charge in [-0.2, -0.15) is 0 Å². The van der Waals surface area contributed by atoms with Gasteiger partial charge in [0.25, 0.3) is 0 Å². The first-order valence-electron chi connectivity index (χ1n) is 6.95. The maximum Gasteiger partial charge on any atom is 0.0649 e. The van der Waals surface area contributed by atoms with Gasteiger partial charge in [-0.1, -0.05) is 20.8 Å². The van der Waals surface area contributed by atoms with Gasteiger partial charge in [-0.15, -0.1) is 0 Å². The maximum atomic E-state index is 5.85. The second kappa shape index (κ2) is 5.05. The van der Waals surface area contributed by atoms with Gasteiger partial charge in [-0.3, -0.25) is 0 Å². The minimum atomic E-state index is 0.324. The van der Waals surface area contributed by atoms with Crippen molar-refractivity contribution in [3.8, 4) is 0 Å². The van der Waals surface area contributed by atoms with Crippen molar-refractivity contribution in [3.05, 3.63) is 0 Å². The molecule has 1 heterocycles. The lowest BCUT2D eigenvalue weighted by Gasteiger charge is -2.46. The summed E-state index contributed by atoms with van der Waals surface area (Å²) in [5.74, 6) is 1.68. The molecule has 0 aromatic carbocycles. The molecule has 0 bridgehead atoms. The molecule has 2 aliphatic rings. The Morgan fingerprint density at radius 2 is 2.00 bits per heavy atom. The molecule has 0 aromatic heterocycles. The first-order chi connectivity index (χ1) is 7.60. The molecule has 0 unspecified atom stereocenters. The fourth-order valence-electron chi connectivity index (χ4n) is 3.21. The van der Waals surface area contributed by atoms with Crippen LogP contribution in [0.1, 0.15) is 52.9 Å². The molecule has 0 aromatic rings. The minimum absolute atomic E-state index is 0.324. The maximum absolute atomic E-state index is 5.85. The molecule has 1 saturated carbocycles. The quantitative estimate of drug-likeness (QED) is 0.780. The zero-order valence-electron chi connectivity index (χ0n) is 11.1. The van der Waals surface area contributed by atoms with Crippen molar-refractivity contribution in [1.29, 1.82) is 0 Å². The number of morpholine rings is 1. The molecule has 2 heteroatoms. The van der Waals surface area contributed by atoms with E-state index in [-0.39, 0.29) is 0 Å². The zero-order chi connectivity index (χ0) is 11.6. The van der Waals surface area contributed by atoms with Crippen molar-refractivity contribution in [2.75, 3.05) is 13.2 Å². The molecule has 1 aliphatic carbocycles. The Morgan fingerprint density at radius 1 is 1.31 bits per heavy atom. The van der Waals surface area contributed by atoms with Crippen LogP contribution in [-0.4, -0.2) is 24.8 Å². The van der Waals surface area contributed by atoms with Gasteiger partial charge in [0.2, 0.25) is 0 Å². The molecule has 1 atom stereocenters. The lowest BCUT2D eigenvalue weighted by atomic mass is 9.76. The van der Waals surface area contributed by atoms with Crippen molar-refractivity contribution in [1.82, 2.24) is 5.32 Å². The molecule has 0 amide bonds. The lowest BCUT2D eigenvalue weighted by Crippen LogP contribution is -2.60. The third kappa shape index (κ3) is 2.98. The molecule has 94 valence electrons. The van der Waals surface area contributed by atoms with E-state index in [0.29, 0.717) is 11.6 Å². The number of ether oxygens (including phenoxy) is 1. The van der Waals surface area contributed by atoms with Crippen molar-refractivity contribution in [2.45, 2.75) is 64.5 Å². The van der Waals surface area contributed by atoms with E-state index in [1.54, 1.807) is 0 Å². The Balaban J connectivity index is 1.90. The third-order valence-electron chi connectivity index (χ3n) is 4.20. The summed E-state index contributed by atoms with van der Waals surface area (Å²) in [6.45, 7) is 8.82. The normalized spacial score (nSPS) is 40.5. The van der Waals surface area contributed by atoms with Crippen LogP contribution in [-0.2, 0) is 4.74 Å². The molecule has 1 saturated heterocycles. The van der Waals surface area contributed by atoms with Crippen LogP contribution in [0.4, 0.5) is 0 Å². The van der Waals surface area contributed by atoms with E-state index in [4.69, 9.17) is 4.74 Å². The van der Waals surface area contributed by atoms with Crippen LogP contribution in [0.2, 0.25) is 0 Å². The van der Waals surface area contributed by atoms with Crippen LogP contribution in [0.3, 0.4) is 0 Å². The molecule has 1 N–H and O–H groups in total. The summed E-state index contributed by atoms with van der Waals surface area (Å²) in [6.07, 6.45) is 6.60. The van der Waals surface area contributed by atoms with E-state index in [0.717, 1.165) is 25.0 Å². The molecule has 2 fully saturated rings. The van der Waals surface area contributed by atoms with Crippen molar-refractivity contribution in [3.63, 3.8) is 0 Å². The summed E-state index contributed by atoms with van der Waals surface area (Å²) < 4.78 is 5.85. The average Bonchev–Trinajstić information content (AvgIpc) is 2.22. The standard InChI is InChI=1S/C14H27NO/c1-11(2)8-13-9-16-10-14(15-13)6-4-12(3)5-7-14/h11-13,15H,4-10H2,1-3H3/t12?,13-,14?/m0/s1. The largest absolute Gasteiger partial charge is 0.378 e. The Kier molecular flexibility index (Phi) is 3.91.